The molecule has 0 aromatic heterocycles. The molecule has 0 saturated heterocycles. The van der Waals surface area contributed by atoms with Crippen molar-refractivity contribution >= 4 is 28.5 Å². The van der Waals surface area contributed by atoms with E-state index in [1.54, 1.807) is 19.2 Å². The Balaban J connectivity index is 1.48. The lowest BCUT2D eigenvalue weighted by Crippen LogP contribution is -2.37. The first-order valence-corrected chi connectivity index (χ1v) is 9.69. The standard InChI is InChI=1S/C20H19BBrNO5/c1-23-11-19(24)27-21(28-20(25)12-23)14-3-6-16(7-4-14)26-18-9-2-13-10-15(22)5-8-17(13)18/h3-8,10-12,18,24-25H,2,9H2,1H3/b19-11-,20-12?. The molecule has 0 bridgehead atoms. The number of aryl methyl sites for hydroxylation is 1. The minimum Gasteiger partial charge on any atom is -0.494 e. The van der Waals surface area contributed by atoms with Crippen molar-refractivity contribution in [2.24, 2.45) is 0 Å². The number of rotatable bonds is 3. The first-order valence-electron chi connectivity index (χ1n) is 8.90. The first kappa shape index (κ1) is 18.6. The van der Waals surface area contributed by atoms with Gasteiger partial charge in [-0.3, -0.25) is 0 Å². The van der Waals surface area contributed by atoms with Gasteiger partial charge in [-0.25, -0.2) is 0 Å². The van der Waals surface area contributed by atoms with Crippen molar-refractivity contribution < 1.29 is 24.3 Å². The molecule has 0 amide bonds. The van der Waals surface area contributed by atoms with E-state index in [1.165, 1.54) is 28.4 Å². The number of ether oxygens (including phenoxy) is 1. The van der Waals surface area contributed by atoms with Crippen molar-refractivity contribution in [1.29, 1.82) is 0 Å². The number of aliphatic hydroxyl groups excluding tert-OH is 2. The minimum absolute atomic E-state index is 0.0253. The van der Waals surface area contributed by atoms with Gasteiger partial charge in [-0.2, -0.15) is 0 Å². The van der Waals surface area contributed by atoms with E-state index in [4.69, 9.17) is 14.0 Å². The molecule has 1 unspecified atom stereocenters. The summed E-state index contributed by atoms with van der Waals surface area (Å²) in [6.07, 6.45) is 4.62. The summed E-state index contributed by atoms with van der Waals surface area (Å²) in [5.74, 6) is 0.102. The number of nitrogens with zero attached hydrogens (tertiary/aromatic N) is 1. The van der Waals surface area contributed by atoms with Crippen LogP contribution in [0.1, 0.15) is 23.7 Å². The third kappa shape index (κ3) is 4.07. The summed E-state index contributed by atoms with van der Waals surface area (Å²) in [6.45, 7) is 0. The Morgan fingerprint density at radius 1 is 1.07 bits per heavy atom. The molecule has 0 radical (unpaired) electrons. The van der Waals surface area contributed by atoms with E-state index >= 15 is 0 Å². The molecule has 1 aliphatic carbocycles. The molecular weight excluding hydrogens is 425 g/mol. The molecule has 144 valence electrons. The number of halogens is 1. The van der Waals surface area contributed by atoms with Gasteiger partial charge in [0.2, 0.25) is 0 Å². The molecule has 0 saturated carbocycles. The monoisotopic (exact) mass is 443 g/mol. The van der Waals surface area contributed by atoms with Gasteiger partial charge in [-0.1, -0.05) is 34.1 Å². The molecule has 0 fully saturated rings. The predicted molar refractivity (Wildman–Crippen MR) is 109 cm³/mol. The fourth-order valence-electron chi connectivity index (χ4n) is 3.36. The summed E-state index contributed by atoms with van der Waals surface area (Å²) in [5.41, 5.74) is 3.16. The highest BCUT2D eigenvalue weighted by Crippen LogP contribution is 2.36. The Kier molecular flexibility index (Phi) is 5.13. The lowest BCUT2D eigenvalue weighted by molar-refractivity contribution is 0.124. The van der Waals surface area contributed by atoms with Crippen molar-refractivity contribution in [2.45, 2.75) is 18.9 Å². The quantitative estimate of drug-likeness (QED) is 0.701. The van der Waals surface area contributed by atoms with Gasteiger partial charge in [-0.05, 0) is 48.2 Å². The van der Waals surface area contributed by atoms with Crippen LogP contribution in [-0.2, 0) is 15.7 Å². The zero-order chi connectivity index (χ0) is 19.7. The van der Waals surface area contributed by atoms with E-state index in [1.807, 2.05) is 18.2 Å². The average Bonchev–Trinajstić information content (AvgIpc) is 3.02. The van der Waals surface area contributed by atoms with Crippen molar-refractivity contribution in [2.75, 3.05) is 7.05 Å². The van der Waals surface area contributed by atoms with Crippen LogP contribution in [0.2, 0.25) is 0 Å². The highest BCUT2D eigenvalue weighted by Gasteiger charge is 2.30. The fourth-order valence-corrected chi connectivity index (χ4v) is 3.77. The Morgan fingerprint density at radius 3 is 2.43 bits per heavy atom. The normalized spacial score (nSPS) is 20.7. The summed E-state index contributed by atoms with van der Waals surface area (Å²) >= 11 is 3.51. The van der Waals surface area contributed by atoms with Crippen molar-refractivity contribution in [3.63, 3.8) is 0 Å². The molecule has 2 aromatic rings. The summed E-state index contributed by atoms with van der Waals surface area (Å²) < 4.78 is 18.0. The maximum Gasteiger partial charge on any atom is 0.636 e. The fraction of sp³-hybridized carbons (Fsp3) is 0.200. The average molecular weight is 444 g/mol. The van der Waals surface area contributed by atoms with E-state index in [0.717, 1.165) is 23.1 Å². The van der Waals surface area contributed by atoms with E-state index in [2.05, 4.69) is 28.1 Å². The van der Waals surface area contributed by atoms with Gasteiger partial charge >= 0.3 is 7.12 Å². The molecule has 2 N–H and O–H groups in total. The van der Waals surface area contributed by atoms with Crippen LogP contribution in [-0.4, -0.2) is 29.3 Å². The van der Waals surface area contributed by atoms with Gasteiger partial charge in [0.1, 0.15) is 11.9 Å². The molecular formula is C20H19BBrNO5. The van der Waals surface area contributed by atoms with Crippen molar-refractivity contribution in [3.8, 4) is 5.75 Å². The second-order valence-corrected chi connectivity index (χ2v) is 7.64. The lowest BCUT2D eigenvalue weighted by Gasteiger charge is -2.20. The topological polar surface area (TPSA) is 71.4 Å². The number of hydrogen-bond donors (Lipinski definition) is 2. The SMILES string of the molecule is CN1C=C(O)OB(c2ccc(OC3CCc4cc(Br)ccc43)cc2)O/C(O)=C\1. The van der Waals surface area contributed by atoms with Gasteiger partial charge < -0.3 is 29.2 Å². The van der Waals surface area contributed by atoms with Crippen LogP contribution >= 0.6 is 15.9 Å². The molecule has 28 heavy (non-hydrogen) atoms. The Bertz CT molecular complexity index is 909. The smallest absolute Gasteiger partial charge is 0.494 e. The van der Waals surface area contributed by atoms with E-state index < -0.39 is 7.12 Å². The van der Waals surface area contributed by atoms with Crippen molar-refractivity contribution in [1.82, 2.24) is 4.90 Å². The summed E-state index contributed by atoms with van der Waals surface area (Å²) in [4.78, 5) is 1.43. The summed E-state index contributed by atoms with van der Waals surface area (Å²) in [6, 6.07) is 13.5. The van der Waals surface area contributed by atoms with E-state index in [-0.39, 0.29) is 18.0 Å². The maximum absolute atomic E-state index is 9.84. The van der Waals surface area contributed by atoms with Gasteiger partial charge in [0.05, 0.1) is 12.4 Å². The van der Waals surface area contributed by atoms with Crippen LogP contribution in [0.4, 0.5) is 0 Å². The van der Waals surface area contributed by atoms with Gasteiger partial charge in [0.15, 0.2) is 0 Å². The van der Waals surface area contributed by atoms with Crippen LogP contribution in [0.25, 0.3) is 0 Å². The first-order chi connectivity index (χ1) is 13.5. The lowest BCUT2D eigenvalue weighted by atomic mass is 9.79. The Labute approximate surface area is 171 Å². The van der Waals surface area contributed by atoms with Gasteiger partial charge in [-0.15, -0.1) is 0 Å². The number of hydrogen-bond acceptors (Lipinski definition) is 6. The van der Waals surface area contributed by atoms with Crippen molar-refractivity contribution in [3.05, 3.63) is 82.4 Å². The zero-order valence-corrected chi connectivity index (χ0v) is 16.8. The van der Waals surface area contributed by atoms with Crippen LogP contribution in [0.3, 0.4) is 0 Å². The van der Waals surface area contributed by atoms with Crippen LogP contribution in [0, 0.1) is 0 Å². The van der Waals surface area contributed by atoms with Crippen LogP contribution in [0.15, 0.2) is 71.2 Å². The largest absolute Gasteiger partial charge is 0.636 e. The third-order valence-electron chi connectivity index (χ3n) is 4.64. The van der Waals surface area contributed by atoms with Crippen LogP contribution in [0.5, 0.6) is 5.75 Å². The maximum atomic E-state index is 9.84. The van der Waals surface area contributed by atoms with Gasteiger partial charge in [0.25, 0.3) is 11.9 Å². The second-order valence-electron chi connectivity index (χ2n) is 6.73. The zero-order valence-electron chi connectivity index (χ0n) is 15.2. The Morgan fingerprint density at radius 2 is 1.75 bits per heavy atom. The molecule has 4 rings (SSSR count). The molecule has 0 spiro atoms. The molecule has 1 heterocycles. The highest BCUT2D eigenvalue weighted by molar-refractivity contribution is 9.10. The molecule has 2 aliphatic rings. The predicted octanol–water partition coefficient (Wildman–Crippen LogP) is 3.90. The van der Waals surface area contributed by atoms with E-state index in [9.17, 15) is 10.2 Å². The summed E-state index contributed by atoms with van der Waals surface area (Å²) in [5, 5.41) is 19.7. The van der Waals surface area contributed by atoms with E-state index in [0.29, 0.717) is 5.46 Å². The summed E-state index contributed by atoms with van der Waals surface area (Å²) in [7, 11) is 0.658. The molecule has 8 heteroatoms. The number of fused-ring (bicyclic) bond motifs is 1. The molecule has 1 aliphatic heterocycles. The number of benzene rings is 2. The number of aliphatic hydroxyl groups is 2. The molecule has 6 nitrogen and oxygen atoms in total. The minimum atomic E-state index is -0.972. The highest BCUT2D eigenvalue weighted by atomic mass is 79.9. The van der Waals surface area contributed by atoms with Gasteiger partial charge in [0, 0.05) is 17.0 Å². The molecule has 1 atom stereocenters. The second kappa shape index (κ2) is 7.71. The molecule has 2 aromatic carbocycles. The Hall–Kier alpha value is -2.74. The van der Waals surface area contributed by atoms with Crippen LogP contribution < -0.4 is 10.2 Å². The third-order valence-corrected chi connectivity index (χ3v) is 5.14.